The van der Waals surface area contributed by atoms with Crippen LogP contribution in [0.5, 0.6) is 0 Å². The molecule has 26 heavy (non-hydrogen) atoms. The smallest absolute Gasteiger partial charge is 0.412 e. The zero-order chi connectivity index (χ0) is 18.7. The van der Waals surface area contributed by atoms with Gasteiger partial charge in [-0.25, -0.2) is 4.79 Å². The van der Waals surface area contributed by atoms with E-state index >= 15 is 0 Å². The van der Waals surface area contributed by atoms with Crippen molar-refractivity contribution < 1.29 is 14.4 Å². The van der Waals surface area contributed by atoms with Crippen molar-refractivity contribution in [1.82, 2.24) is 5.16 Å². The van der Waals surface area contributed by atoms with E-state index in [0.29, 0.717) is 28.3 Å². The molecule has 2 aromatic carbocycles. The van der Waals surface area contributed by atoms with Gasteiger partial charge in [0.25, 0.3) is 0 Å². The Morgan fingerprint density at radius 3 is 2.42 bits per heavy atom. The molecule has 0 saturated carbocycles. The van der Waals surface area contributed by atoms with Crippen molar-refractivity contribution in [3.8, 4) is 17.4 Å². The SMILES string of the molecule is Cc1noc(-c2ccc(C#N)cc2)c1N(C(=O)O)C(C)c1ccccc1. The van der Waals surface area contributed by atoms with Gasteiger partial charge in [0.1, 0.15) is 11.4 Å². The van der Waals surface area contributed by atoms with Crippen LogP contribution in [0, 0.1) is 18.3 Å². The Balaban J connectivity index is 2.09. The molecule has 0 spiro atoms. The lowest BCUT2D eigenvalue weighted by atomic mass is 10.0. The van der Waals surface area contributed by atoms with Gasteiger partial charge in [-0.3, -0.25) is 4.90 Å². The van der Waals surface area contributed by atoms with Gasteiger partial charge in [-0.15, -0.1) is 0 Å². The highest BCUT2D eigenvalue weighted by molar-refractivity contribution is 5.93. The standard InChI is InChI=1S/C20H17N3O3/c1-13-18(19(26-22-13)17-10-8-15(12-21)9-11-17)23(20(24)25)14(2)16-6-4-3-5-7-16/h3-11,14H,1-2H3,(H,24,25). The number of aryl methyl sites for hydroxylation is 1. The summed E-state index contributed by atoms with van der Waals surface area (Å²) in [5, 5.41) is 22.8. The van der Waals surface area contributed by atoms with E-state index in [9.17, 15) is 9.90 Å². The second-order valence-electron chi connectivity index (χ2n) is 5.87. The van der Waals surface area contributed by atoms with Crippen molar-refractivity contribution >= 4 is 11.8 Å². The highest BCUT2D eigenvalue weighted by Crippen LogP contribution is 2.38. The van der Waals surface area contributed by atoms with Gasteiger partial charge in [0.05, 0.1) is 17.7 Å². The van der Waals surface area contributed by atoms with Crippen LogP contribution in [-0.4, -0.2) is 16.4 Å². The average molecular weight is 347 g/mol. The van der Waals surface area contributed by atoms with E-state index < -0.39 is 12.1 Å². The van der Waals surface area contributed by atoms with E-state index in [1.165, 1.54) is 4.90 Å². The molecule has 1 aromatic heterocycles. The van der Waals surface area contributed by atoms with E-state index in [1.807, 2.05) is 37.3 Å². The van der Waals surface area contributed by atoms with Gasteiger partial charge in [-0.2, -0.15) is 5.26 Å². The molecule has 6 nitrogen and oxygen atoms in total. The number of nitriles is 1. The fourth-order valence-corrected chi connectivity index (χ4v) is 2.87. The maximum absolute atomic E-state index is 12.1. The first-order valence-corrected chi connectivity index (χ1v) is 8.07. The van der Waals surface area contributed by atoms with E-state index in [4.69, 9.17) is 9.78 Å². The summed E-state index contributed by atoms with van der Waals surface area (Å²) in [6.45, 7) is 3.53. The topological polar surface area (TPSA) is 90.4 Å². The third kappa shape index (κ3) is 3.15. The molecule has 1 atom stereocenters. The van der Waals surface area contributed by atoms with Crippen molar-refractivity contribution in [3.63, 3.8) is 0 Å². The molecule has 0 fully saturated rings. The molecule has 1 amide bonds. The minimum atomic E-state index is -1.09. The summed E-state index contributed by atoms with van der Waals surface area (Å²) in [7, 11) is 0. The second-order valence-corrected chi connectivity index (χ2v) is 5.87. The molecule has 0 radical (unpaired) electrons. The number of hydrogen-bond acceptors (Lipinski definition) is 4. The van der Waals surface area contributed by atoms with Crippen LogP contribution in [0.1, 0.15) is 29.8 Å². The van der Waals surface area contributed by atoms with Crippen molar-refractivity contribution in [2.45, 2.75) is 19.9 Å². The molecule has 0 bridgehead atoms. The fraction of sp³-hybridized carbons (Fsp3) is 0.150. The number of nitrogens with zero attached hydrogens (tertiary/aromatic N) is 3. The van der Waals surface area contributed by atoms with Crippen molar-refractivity contribution in [2.75, 3.05) is 4.90 Å². The molecule has 3 rings (SSSR count). The highest BCUT2D eigenvalue weighted by Gasteiger charge is 2.30. The van der Waals surface area contributed by atoms with Gasteiger partial charge in [0.2, 0.25) is 0 Å². The zero-order valence-electron chi connectivity index (χ0n) is 14.4. The minimum Gasteiger partial charge on any atom is -0.465 e. The molecule has 1 N–H and O–H groups in total. The maximum Gasteiger partial charge on any atom is 0.412 e. The molecular formula is C20H17N3O3. The van der Waals surface area contributed by atoms with Crippen LogP contribution in [0.2, 0.25) is 0 Å². The quantitative estimate of drug-likeness (QED) is 0.734. The normalized spacial score (nSPS) is 11.6. The van der Waals surface area contributed by atoms with Gasteiger partial charge in [-0.1, -0.05) is 35.5 Å². The lowest BCUT2D eigenvalue weighted by Crippen LogP contribution is -2.32. The van der Waals surface area contributed by atoms with E-state index in [2.05, 4.69) is 11.2 Å². The third-order valence-electron chi connectivity index (χ3n) is 4.22. The zero-order valence-corrected chi connectivity index (χ0v) is 14.4. The number of anilines is 1. The molecule has 6 heteroatoms. The molecule has 1 unspecified atom stereocenters. The summed E-state index contributed by atoms with van der Waals surface area (Å²) in [4.78, 5) is 13.3. The number of carboxylic acid groups (broad SMARTS) is 1. The van der Waals surface area contributed by atoms with Crippen molar-refractivity contribution in [2.24, 2.45) is 0 Å². The number of amides is 1. The Bertz CT molecular complexity index is 956. The Morgan fingerprint density at radius 1 is 1.19 bits per heavy atom. The Kier molecular flexibility index (Phi) is 4.72. The van der Waals surface area contributed by atoms with Gasteiger partial charge < -0.3 is 9.63 Å². The molecular weight excluding hydrogens is 330 g/mol. The summed E-state index contributed by atoms with van der Waals surface area (Å²) >= 11 is 0. The van der Waals surface area contributed by atoms with Crippen LogP contribution in [0.3, 0.4) is 0 Å². The lowest BCUT2D eigenvalue weighted by molar-refractivity contribution is 0.199. The molecule has 130 valence electrons. The first-order valence-electron chi connectivity index (χ1n) is 8.07. The van der Waals surface area contributed by atoms with Crippen LogP contribution in [-0.2, 0) is 0 Å². The molecule has 0 saturated heterocycles. The van der Waals surface area contributed by atoms with Crippen molar-refractivity contribution in [3.05, 3.63) is 71.4 Å². The first-order chi connectivity index (χ1) is 12.5. The Labute approximate surface area is 150 Å². The van der Waals surface area contributed by atoms with E-state index in [-0.39, 0.29) is 0 Å². The van der Waals surface area contributed by atoms with Crippen molar-refractivity contribution in [1.29, 1.82) is 5.26 Å². The van der Waals surface area contributed by atoms with E-state index in [1.54, 1.807) is 31.2 Å². The third-order valence-corrected chi connectivity index (χ3v) is 4.22. The predicted octanol–water partition coefficient (Wildman–Crippen LogP) is 4.77. The number of carbonyl (C=O) groups is 1. The second kappa shape index (κ2) is 7.11. The molecule has 0 aliphatic rings. The number of rotatable bonds is 4. The Morgan fingerprint density at radius 2 is 1.85 bits per heavy atom. The van der Waals surface area contributed by atoms with Crippen LogP contribution in [0.15, 0.2) is 59.1 Å². The number of hydrogen-bond donors (Lipinski definition) is 1. The monoisotopic (exact) mass is 347 g/mol. The number of benzene rings is 2. The summed E-state index contributed by atoms with van der Waals surface area (Å²) in [5.41, 5.74) is 2.92. The summed E-state index contributed by atoms with van der Waals surface area (Å²) in [6, 6.07) is 17.8. The van der Waals surface area contributed by atoms with Gasteiger partial charge in [0.15, 0.2) is 5.76 Å². The summed E-state index contributed by atoms with van der Waals surface area (Å²) in [5.74, 6) is 0.358. The Hall–Kier alpha value is -3.59. The van der Waals surface area contributed by atoms with Gasteiger partial charge in [0, 0.05) is 5.56 Å². The van der Waals surface area contributed by atoms with E-state index in [0.717, 1.165) is 5.56 Å². The predicted molar refractivity (Wildman–Crippen MR) is 96.8 cm³/mol. The fourth-order valence-electron chi connectivity index (χ4n) is 2.87. The summed E-state index contributed by atoms with van der Waals surface area (Å²) in [6.07, 6.45) is -1.09. The average Bonchev–Trinajstić information content (AvgIpc) is 3.03. The van der Waals surface area contributed by atoms with Crippen LogP contribution >= 0.6 is 0 Å². The van der Waals surface area contributed by atoms with Crippen LogP contribution in [0.4, 0.5) is 10.5 Å². The maximum atomic E-state index is 12.1. The molecule has 1 heterocycles. The molecule has 0 aliphatic heterocycles. The first kappa shape index (κ1) is 17.2. The van der Waals surface area contributed by atoms with Crippen LogP contribution < -0.4 is 4.90 Å². The largest absolute Gasteiger partial charge is 0.465 e. The lowest BCUT2D eigenvalue weighted by Gasteiger charge is -2.26. The number of aromatic nitrogens is 1. The van der Waals surface area contributed by atoms with Gasteiger partial charge >= 0.3 is 6.09 Å². The molecule has 3 aromatic rings. The van der Waals surface area contributed by atoms with Crippen LogP contribution in [0.25, 0.3) is 11.3 Å². The minimum absolute atomic E-state index is 0.358. The highest BCUT2D eigenvalue weighted by atomic mass is 16.5. The summed E-state index contributed by atoms with van der Waals surface area (Å²) < 4.78 is 5.43. The molecule has 0 aliphatic carbocycles. The van der Waals surface area contributed by atoms with Gasteiger partial charge in [-0.05, 0) is 43.7 Å².